The van der Waals surface area contributed by atoms with Crippen molar-refractivity contribution in [3.63, 3.8) is 0 Å². The number of benzene rings is 2. The molecule has 0 unspecified atom stereocenters. The Labute approximate surface area is 162 Å². The number of anilines is 2. The lowest BCUT2D eigenvalue weighted by Crippen LogP contribution is -2.05. The van der Waals surface area contributed by atoms with Crippen LogP contribution in [0.15, 0.2) is 67.0 Å². The van der Waals surface area contributed by atoms with Gasteiger partial charge in [0.1, 0.15) is 0 Å². The fraction of sp³-hybridized carbons (Fsp3) is 0.136. The second-order valence-corrected chi connectivity index (χ2v) is 6.39. The van der Waals surface area contributed by atoms with Crippen LogP contribution in [-0.2, 0) is 4.74 Å². The summed E-state index contributed by atoms with van der Waals surface area (Å²) in [6.45, 7) is 4.09. The number of carbonyl (C=O) groups excluding carboxylic acids is 1. The van der Waals surface area contributed by atoms with Crippen LogP contribution < -0.4 is 5.32 Å². The van der Waals surface area contributed by atoms with Gasteiger partial charge in [0.15, 0.2) is 0 Å². The third-order valence-corrected chi connectivity index (χ3v) is 4.36. The van der Waals surface area contributed by atoms with E-state index in [4.69, 9.17) is 4.74 Å². The van der Waals surface area contributed by atoms with Crippen LogP contribution in [0, 0.1) is 6.92 Å². The molecule has 0 radical (unpaired) electrons. The van der Waals surface area contributed by atoms with Crippen molar-refractivity contribution in [2.75, 3.05) is 11.9 Å². The van der Waals surface area contributed by atoms with Crippen LogP contribution in [0.2, 0.25) is 0 Å². The molecule has 6 nitrogen and oxygen atoms in total. The number of pyridine rings is 1. The van der Waals surface area contributed by atoms with Crippen molar-refractivity contribution in [1.29, 1.82) is 0 Å². The minimum atomic E-state index is -0.334. The Bertz CT molecular complexity index is 1120. The van der Waals surface area contributed by atoms with E-state index in [2.05, 4.69) is 15.4 Å². The predicted molar refractivity (Wildman–Crippen MR) is 109 cm³/mol. The smallest absolute Gasteiger partial charge is 0.338 e. The van der Waals surface area contributed by atoms with E-state index in [0.717, 1.165) is 33.7 Å². The molecule has 2 aromatic carbocycles. The molecule has 0 aliphatic rings. The zero-order valence-corrected chi connectivity index (χ0v) is 15.7. The summed E-state index contributed by atoms with van der Waals surface area (Å²) in [5.41, 5.74) is 5.04. The lowest BCUT2D eigenvalue weighted by molar-refractivity contribution is 0.0526. The van der Waals surface area contributed by atoms with Gasteiger partial charge in [0.25, 0.3) is 0 Å². The molecule has 28 heavy (non-hydrogen) atoms. The average Bonchev–Trinajstić information content (AvgIpc) is 3.23. The fourth-order valence-corrected chi connectivity index (χ4v) is 3.08. The molecule has 0 aliphatic heterocycles. The summed E-state index contributed by atoms with van der Waals surface area (Å²) >= 11 is 0. The van der Waals surface area contributed by atoms with Crippen molar-refractivity contribution < 1.29 is 9.53 Å². The van der Waals surface area contributed by atoms with Crippen LogP contribution in [0.25, 0.3) is 16.6 Å². The molecule has 0 amide bonds. The highest BCUT2D eigenvalue weighted by Gasteiger charge is 2.11. The molecule has 2 heterocycles. The number of fused-ring (bicyclic) bond motifs is 1. The zero-order chi connectivity index (χ0) is 19.5. The maximum absolute atomic E-state index is 12.1. The Morgan fingerprint density at radius 2 is 1.96 bits per heavy atom. The molecule has 1 N–H and O–H groups in total. The van der Waals surface area contributed by atoms with E-state index < -0.39 is 0 Å². The van der Waals surface area contributed by atoms with Crippen LogP contribution in [0.5, 0.6) is 0 Å². The summed E-state index contributed by atoms with van der Waals surface area (Å²) in [7, 11) is 0. The largest absolute Gasteiger partial charge is 0.462 e. The number of hydrogen-bond donors (Lipinski definition) is 1. The molecule has 0 bridgehead atoms. The zero-order valence-electron chi connectivity index (χ0n) is 15.7. The van der Waals surface area contributed by atoms with Gasteiger partial charge >= 0.3 is 5.97 Å². The standard InChI is InChI=1S/C22H20N4O2/c1-3-28-22(27)16-5-10-20-19(14-16)21(13-15(2)24-20)25-17-6-8-18(9-7-17)26-12-4-11-23-26/h4-14H,3H2,1-2H3,(H,24,25). The highest BCUT2D eigenvalue weighted by Crippen LogP contribution is 2.28. The lowest BCUT2D eigenvalue weighted by atomic mass is 10.1. The molecule has 0 atom stereocenters. The van der Waals surface area contributed by atoms with E-state index in [1.165, 1.54) is 0 Å². The fourth-order valence-electron chi connectivity index (χ4n) is 3.08. The van der Waals surface area contributed by atoms with Gasteiger partial charge in [-0.15, -0.1) is 0 Å². The summed E-state index contributed by atoms with van der Waals surface area (Å²) in [6, 6.07) is 17.3. The summed E-state index contributed by atoms with van der Waals surface area (Å²) in [5.74, 6) is -0.334. The quantitative estimate of drug-likeness (QED) is 0.517. The monoisotopic (exact) mass is 372 g/mol. The van der Waals surface area contributed by atoms with Crippen molar-refractivity contribution in [3.05, 3.63) is 78.2 Å². The normalized spacial score (nSPS) is 10.8. The maximum Gasteiger partial charge on any atom is 0.338 e. The number of hydrogen-bond acceptors (Lipinski definition) is 5. The predicted octanol–water partition coefficient (Wildman–Crippen LogP) is 4.65. The van der Waals surface area contributed by atoms with Gasteiger partial charge in [-0.05, 0) is 68.4 Å². The molecule has 4 aromatic rings. The number of ether oxygens (including phenoxy) is 1. The first kappa shape index (κ1) is 17.7. The van der Waals surface area contributed by atoms with Gasteiger partial charge in [-0.3, -0.25) is 4.98 Å². The molecule has 0 fully saturated rings. The average molecular weight is 372 g/mol. The first-order chi connectivity index (χ1) is 13.6. The van der Waals surface area contributed by atoms with Gasteiger partial charge < -0.3 is 10.1 Å². The number of nitrogens with one attached hydrogen (secondary N) is 1. The van der Waals surface area contributed by atoms with Crippen molar-refractivity contribution >= 4 is 28.2 Å². The van der Waals surface area contributed by atoms with Gasteiger partial charge in [-0.25, -0.2) is 9.48 Å². The van der Waals surface area contributed by atoms with E-state index in [1.807, 2.05) is 61.7 Å². The van der Waals surface area contributed by atoms with E-state index in [0.29, 0.717) is 12.2 Å². The third-order valence-electron chi connectivity index (χ3n) is 4.36. The van der Waals surface area contributed by atoms with Gasteiger partial charge in [-0.2, -0.15) is 5.10 Å². The number of aromatic nitrogens is 3. The number of aryl methyl sites for hydroxylation is 1. The van der Waals surface area contributed by atoms with E-state index in [-0.39, 0.29) is 5.97 Å². The Hall–Kier alpha value is -3.67. The first-order valence-electron chi connectivity index (χ1n) is 9.09. The van der Waals surface area contributed by atoms with Crippen molar-refractivity contribution in [2.24, 2.45) is 0 Å². The second kappa shape index (κ2) is 7.52. The Morgan fingerprint density at radius 1 is 1.14 bits per heavy atom. The van der Waals surface area contributed by atoms with E-state index in [9.17, 15) is 4.79 Å². The minimum absolute atomic E-state index is 0.334. The molecule has 6 heteroatoms. The van der Waals surface area contributed by atoms with Crippen molar-refractivity contribution in [3.8, 4) is 5.69 Å². The molecule has 0 aliphatic carbocycles. The van der Waals surface area contributed by atoms with E-state index in [1.54, 1.807) is 23.9 Å². The van der Waals surface area contributed by atoms with Crippen LogP contribution >= 0.6 is 0 Å². The highest BCUT2D eigenvalue weighted by molar-refractivity contribution is 5.99. The van der Waals surface area contributed by atoms with Crippen molar-refractivity contribution in [2.45, 2.75) is 13.8 Å². The van der Waals surface area contributed by atoms with Gasteiger partial charge in [-0.1, -0.05) is 0 Å². The van der Waals surface area contributed by atoms with Gasteiger partial charge in [0.2, 0.25) is 0 Å². The molecular formula is C22H20N4O2. The Balaban J connectivity index is 1.69. The molecule has 140 valence electrons. The summed E-state index contributed by atoms with van der Waals surface area (Å²) in [4.78, 5) is 16.7. The summed E-state index contributed by atoms with van der Waals surface area (Å²) < 4.78 is 6.93. The molecule has 2 aromatic heterocycles. The number of carbonyl (C=O) groups is 1. The third kappa shape index (κ3) is 3.57. The van der Waals surface area contributed by atoms with Crippen LogP contribution in [0.1, 0.15) is 23.0 Å². The number of nitrogens with zero attached hydrogens (tertiary/aromatic N) is 3. The SMILES string of the molecule is CCOC(=O)c1ccc2nc(C)cc(Nc3ccc(-n4cccn4)cc3)c2c1. The summed E-state index contributed by atoms with van der Waals surface area (Å²) in [5, 5.41) is 8.54. The second-order valence-electron chi connectivity index (χ2n) is 6.39. The van der Waals surface area contributed by atoms with Crippen LogP contribution in [0.4, 0.5) is 11.4 Å². The van der Waals surface area contributed by atoms with Crippen molar-refractivity contribution in [1.82, 2.24) is 14.8 Å². The van der Waals surface area contributed by atoms with Crippen LogP contribution in [0.3, 0.4) is 0 Å². The number of esters is 1. The maximum atomic E-state index is 12.1. The Morgan fingerprint density at radius 3 is 2.68 bits per heavy atom. The molecule has 0 saturated carbocycles. The Kier molecular flexibility index (Phi) is 4.76. The van der Waals surface area contributed by atoms with Gasteiger partial charge in [0, 0.05) is 34.8 Å². The van der Waals surface area contributed by atoms with Gasteiger partial charge in [0.05, 0.1) is 23.4 Å². The molecule has 4 rings (SSSR count). The number of rotatable bonds is 5. The van der Waals surface area contributed by atoms with Crippen LogP contribution in [-0.4, -0.2) is 27.3 Å². The highest BCUT2D eigenvalue weighted by atomic mass is 16.5. The lowest BCUT2D eigenvalue weighted by Gasteiger charge is -2.12. The molecular weight excluding hydrogens is 352 g/mol. The first-order valence-corrected chi connectivity index (χ1v) is 9.09. The molecule has 0 spiro atoms. The summed E-state index contributed by atoms with van der Waals surface area (Å²) in [6.07, 6.45) is 3.65. The topological polar surface area (TPSA) is 69.0 Å². The minimum Gasteiger partial charge on any atom is -0.462 e. The molecule has 0 saturated heterocycles. The van der Waals surface area contributed by atoms with E-state index >= 15 is 0 Å².